The predicted octanol–water partition coefficient (Wildman–Crippen LogP) is 2.93. The molecule has 0 radical (unpaired) electrons. The molecule has 1 aliphatic rings. The molecule has 114 valence electrons. The standard InChI is InChI=1S/C17H18N2O2S/c1-12(22-16-7-2-3-10-19(16)21)17(20)18-15-9-8-13-5-4-6-14(13)11-15/h2-3,7-12H,4-6H2,1H3,(H,18,20). The Labute approximate surface area is 134 Å². The maximum Gasteiger partial charge on any atom is 0.252 e. The maximum atomic E-state index is 12.3. The number of carbonyl (C=O) groups is 1. The Hall–Kier alpha value is -2.01. The van der Waals surface area contributed by atoms with Crippen LogP contribution in [-0.2, 0) is 17.6 Å². The summed E-state index contributed by atoms with van der Waals surface area (Å²) in [5.74, 6) is -0.0909. The molecule has 3 rings (SSSR count). The summed E-state index contributed by atoms with van der Waals surface area (Å²) in [6.45, 7) is 1.81. The summed E-state index contributed by atoms with van der Waals surface area (Å²) in [7, 11) is 0. The van der Waals surface area contributed by atoms with Gasteiger partial charge in [0, 0.05) is 17.8 Å². The van der Waals surface area contributed by atoms with Gasteiger partial charge in [0.1, 0.15) is 0 Å². The van der Waals surface area contributed by atoms with Crippen molar-refractivity contribution in [2.24, 2.45) is 0 Å². The second kappa shape index (κ2) is 6.40. The lowest BCUT2D eigenvalue weighted by Gasteiger charge is -2.12. The molecule has 4 nitrogen and oxygen atoms in total. The molecule has 1 aromatic carbocycles. The minimum atomic E-state index is -0.337. The van der Waals surface area contributed by atoms with Crippen LogP contribution >= 0.6 is 11.8 Å². The van der Waals surface area contributed by atoms with Crippen molar-refractivity contribution in [3.05, 3.63) is 58.9 Å². The van der Waals surface area contributed by atoms with Gasteiger partial charge in [-0.25, -0.2) is 0 Å². The zero-order chi connectivity index (χ0) is 15.5. The predicted molar refractivity (Wildman–Crippen MR) is 87.8 cm³/mol. The number of aromatic nitrogens is 1. The molecular formula is C17H18N2O2S. The molecule has 1 unspecified atom stereocenters. The molecule has 1 heterocycles. The molecule has 2 aromatic rings. The van der Waals surface area contributed by atoms with Crippen molar-refractivity contribution in [1.82, 2.24) is 0 Å². The van der Waals surface area contributed by atoms with Gasteiger partial charge in [-0.3, -0.25) is 4.79 Å². The molecule has 0 saturated heterocycles. The number of anilines is 1. The normalized spacial score (nSPS) is 14.4. The van der Waals surface area contributed by atoms with E-state index in [0.717, 1.165) is 23.3 Å². The summed E-state index contributed by atoms with van der Waals surface area (Å²) in [5, 5.41) is 14.8. The largest absolute Gasteiger partial charge is 0.618 e. The second-order valence-corrected chi connectivity index (χ2v) is 6.81. The Balaban J connectivity index is 1.65. The first-order valence-corrected chi connectivity index (χ1v) is 8.29. The van der Waals surface area contributed by atoms with Gasteiger partial charge >= 0.3 is 0 Å². The van der Waals surface area contributed by atoms with Crippen LogP contribution in [0.3, 0.4) is 0 Å². The Morgan fingerprint density at radius 1 is 1.27 bits per heavy atom. The van der Waals surface area contributed by atoms with Crippen LogP contribution in [0.4, 0.5) is 5.69 Å². The Bertz CT molecular complexity index is 703. The number of fused-ring (bicyclic) bond motifs is 1. The van der Waals surface area contributed by atoms with Gasteiger partial charge in [-0.05, 0) is 67.3 Å². The van der Waals surface area contributed by atoms with E-state index in [4.69, 9.17) is 0 Å². The number of amides is 1. The second-order valence-electron chi connectivity index (χ2n) is 5.45. The monoisotopic (exact) mass is 314 g/mol. The molecular weight excluding hydrogens is 296 g/mol. The average Bonchev–Trinajstić information content (AvgIpc) is 2.97. The number of nitrogens with zero attached hydrogens (tertiary/aromatic N) is 1. The molecule has 5 heteroatoms. The third-order valence-corrected chi connectivity index (χ3v) is 4.95. The Morgan fingerprint density at radius 2 is 2.09 bits per heavy atom. The van der Waals surface area contributed by atoms with Gasteiger partial charge in [0.2, 0.25) is 5.91 Å². The van der Waals surface area contributed by atoms with Gasteiger partial charge in [-0.1, -0.05) is 6.07 Å². The van der Waals surface area contributed by atoms with E-state index in [0.29, 0.717) is 5.03 Å². The van der Waals surface area contributed by atoms with Gasteiger partial charge in [-0.2, -0.15) is 4.73 Å². The van der Waals surface area contributed by atoms with Crippen molar-refractivity contribution < 1.29 is 9.52 Å². The van der Waals surface area contributed by atoms with Gasteiger partial charge < -0.3 is 10.5 Å². The SMILES string of the molecule is CC(Sc1cccc[n+]1[O-])C(=O)Nc1ccc2c(c1)CCC2. The highest BCUT2D eigenvalue weighted by Gasteiger charge is 2.19. The maximum absolute atomic E-state index is 12.3. The van der Waals surface area contributed by atoms with Crippen molar-refractivity contribution in [3.63, 3.8) is 0 Å². The van der Waals surface area contributed by atoms with Crippen molar-refractivity contribution in [2.75, 3.05) is 5.32 Å². The van der Waals surface area contributed by atoms with E-state index in [1.165, 1.54) is 35.5 Å². The minimum Gasteiger partial charge on any atom is -0.618 e. The fourth-order valence-electron chi connectivity index (χ4n) is 2.63. The number of aryl methyl sites for hydroxylation is 2. The van der Waals surface area contributed by atoms with Crippen LogP contribution in [0.1, 0.15) is 24.5 Å². The van der Waals surface area contributed by atoms with Gasteiger partial charge in [0.15, 0.2) is 6.20 Å². The van der Waals surface area contributed by atoms with E-state index >= 15 is 0 Å². The number of pyridine rings is 1. The lowest BCUT2D eigenvalue weighted by atomic mass is 10.1. The molecule has 1 N–H and O–H groups in total. The van der Waals surface area contributed by atoms with Crippen LogP contribution in [0.25, 0.3) is 0 Å². The van der Waals surface area contributed by atoms with Gasteiger partial charge in [-0.15, -0.1) is 0 Å². The van der Waals surface area contributed by atoms with Gasteiger partial charge in [0.05, 0.1) is 5.25 Å². The summed E-state index contributed by atoms with van der Waals surface area (Å²) in [6, 6.07) is 11.3. The molecule has 0 aliphatic heterocycles. The number of nitrogens with one attached hydrogen (secondary N) is 1. The molecule has 1 aromatic heterocycles. The Morgan fingerprint density at radius 3 is 2.91 bits per heavy atom. The van der Waals surface area contributed by atoms with Crippen molar-refractivity contribution in [1.29, 1.82) is 0 Å². The lowest BCUT2D eigenvalue weighted by Crippen LogP contribution is -2.30. The fraction of sp³-hybridized carbons (Fsp3) is 0.294. The van der Waals surface area contributed by atoms with E-state index in [1.54, 1.807) is 25.1 Å². The van der Waals surface area contributed by atoms with Crippen LogP contribution in [0.2, 0.25) is 0 Å². The highest BCUT2D eigenvalue weighted by Crippen LogP contribution is 2.26. The van der Waals surface area contributed by atoms with E-state index in [9.17, 15) is 10.0 Å². The number of carbonyl (C=O) groups excluding carboxylic acids is 1. The summed E-state index contributed by atoms with van der Waals surface area (Å²) in [5.41, 5.74) is 3.55. The number of hydrogen-bond acceptors (Lipinski definition) is 3. The number of thioether (sulfide) groups is 1. The molecule has 0 bridgehead atoms. The molecule has 0 saturated carbocycles. The lowest BCUT2D eigenvalue weighted by molar-refractivity contribution is -0.645. The van der Waals surface area contributed by atoms with Gasteiger partial charge in [0.25, 0.3) is 5.03 Å². The van der Waals surface area contributed by atoms with Crippen molar-refractivity contribution in [3.8, 4) is 0 Å². The fourth-order valence-corrected chi connectivity index (χ4v) is 3.48. The van der Waals surface area contributed by atoms with E-state index in [-0.39, 0.29) is 11.2 Å². The van der Waals surface area contributed by atoms with Crippen LogP contribution in [0.5, 0.6) is 0 Å². The Kier molecular flexibility index (Phi) is 4.34. The molecule has 0 fully saturated rings. The number of hydrogen-bond donors (Lipinski definition) is 1. The molecule has 1 atom stereocenters. The first kappa shape index (κ1) is 14.9. The van der Waals surface area contributed by atoms with Crippen LogP contribution in [0.15, 0.2) is 47.6 Å². The quantitative estimate of drug-likeness (QED) is 0.536. The van der Waals surface area contributed by atoms with Crippen LogP contribution < -0.4 is 10.0 Å². The zero-order valence-corrected chi connectivity index (χ0v) is 13.2. The highest BCUT2D eigenvalue weighted by atomic mass is 32.2. The van der Waals surface area contributed by atoms with Crippen LogP contribution in [0, 0.1) is 5.21 Å². The molecule has 1 amide bonds. The average molecular weight is 314 g/mol. The zero-order valence-electron chi connectivity index (χ0n) is 12.4. The number of rotatable bonds is 4. The smallest absolute Gasteiger partial charge is 0.252 e. The summed E-state index contributed by atoms with van der Waals surface area (Å²) in [4.78, 5) is 12.3. The summed E-state index contributed by atoms with van der Waals surface area (Å²) < 4.78 is 0.782. The topological polar surface area (TPSA) is 56.0 Å². The van der Waals surface area contributed by atoms with Crippen LogP contribution in [-0.4, -0.2) is 11.2 Å². The first-order chi connectivity index (χ1) is 10.6. The molecule has 0 spiro atoms. The third kappa shape index (κ3) is 3.25. The van der Waals surface area contributed by atoms with Crippen molar-refractivity contribution in [2.45, 2.75) is 36.5 Å². The van der Waals surface area contributed by atoms with Crippen molar-refractivity contribution >= 4 is 23.4 Å². The molecule has 22 heavy (non-hydrogen) atoms. The number of benzene rings is 1. The summed E-state index contributed by atoms with van der Waals surface area (Å²) >= 11 is 1.26. The molecule has 1 aliphatic carbocycles. The van der Waals surface area contributed by atoms with E-state index in [2.05, 4.69) is 17.4 Å². The van der Waals surface area contributed by atoms with E-state index in [1.807, 2.05) is 6.07 Å². The van der Waals surface area contributed by atoms with E-state index < -0.39 is 0 Å². The third-order valence-electron chi connectivity index (χ3n) is 3.82. The minimum absolute atomic E-state index is 0.0909. The highest BCUT2D eigenvalue weighted by molar-refractivity contribution is 8.00. The summed E-state index contributed by atoms with van der Waals surface area (Å²) in [6.07, 6.45) is 4.85. The first-order valence-electron chi connectivity index (χ1n) is 7.41.